The first kappa shape index (κ1) is 31.1. The number of nitrogens with zero attached hydrogens (tertiary/aromatic N) is 1. The van der Waals surface area contributed by atoms with Crippen LogP contribution in [-0.4, -0.2) is 0 Å². The second-order valence-electron chi connectivity index (χ2n) is 14.5. The fourth-order valence-electron chi connectivity index (χ4n) is 8.49. The smallest absolute Gasteiger partial charge is 0.136 e. The summed E-state index contributed by atoms with van der Waals surface area (Å²) in [6, 6.07) is 68.0. The normalized spacial score (nSPS) is 12.9. The Morgan fingerprint density at radius 3 is 1.74 bits per heavy atom. The number of para-hydroxylation sites is 2. The molecule has 0 atom stereocenters. The van der Waals surface area contributed by atoms with Gasteiger partial charge in [-0.05, 0) is 98.6 Å². The predicted molar refractivity (Wildman–Crippen MR) is 222 cm³/mol. The van der Waals surface area contributed by atoms with Crippen molar-refractivity contribution >= 4 is 39.0 Å². The van der Waals surface area contributed by atoms with Gasteiger partial charge >= 0.3 is 0 Å². The van der Waals surface area contributed by atoms with Gasteiger partial charge in [-0.3, -0.25) is 0 Å². The Morgan fingerprint density at radius 2 is 0.981 bits per heavy atom. The van der Waals surface area contributed by atoms with Gasteiger partial charge in [-0.15, -0.1) is 0 Å². The summed E-state index contributed by atoms with van der Waals surface area (Å²) in [5.74, 6) is 0. The average molecular weight is 680 g/mol. The van der Waals surface area contributed by atoms with Crippen LogP contribution in [0, 0.1) is 0 Å². The first-order valence-corrected chi connectivity index (χ1v) is 18.3. The van der Waals surface area contributed by atoms with E-state index >= 15 is 0 Å². The van der Waals surface area contributed by atoms with E-state index in [1.54, 1.807) is 0 Å². The van der Waals surface area contributed by atoms with Crippen molar-refractivity contribution in [2.75, 3.05) is 4.90 Å². The molecule has 2 heteroatoms. The summed E-state index contributed by atoms with van der Waals surface area (Å²) in [5, 5.41) is 2.25. The highest BCUT2D eigenvalue weighted by Crippen LogP contribution is 2.52. The molecule has 1 aliphatic rings. The quantitative estimate of drug-likeness (QED) is 0.174. The van der Waals surface area contributed by atoms with Gasteiger partial charge in [-0.25, -0.2) is 0 Å². The van der Waals surface area contributed by atoms with Crippen LogP contribution in [0.1, 0.15) is 25.0 Å². The highest BCUT2D eigenvalue weighted by Gasteiger charge is 2.36. The van der Waals surface area contributed by atoms with Crippen LogP contribution in [0.15, 0.2) is 192 Å². The largest absolute Gasteiger partial charge is 0.456 e. The second kappa shape index (κ2) is 12.3. The molecule has 8 aromatic carbocycles. The van der Waals surface area contributed by atoms with Crippen LogP contribution < -0.4 is 4.90 Å². The van der Waals surface area contributed by atoms with Gasteiger partial charge in [0.15, 0.2) is 0 Å². The van der Waals surface area contributed by atoms with Crippen LogP contribution in [0.4, 0.5) is 17.1 Å². The molecule has 0 unspecified atom stereocenters. The highest BCUT2D eigenvalue weighted by atomic mass is 16.3. The number of hydrogen-bond donors (Lipinski definition) is 0. The van der Waals surface area contributed by atoms with Crippen LogP contribution in [0.2, 0.25) is 0 Å². The Labute approximate surface area is 310 Å². The fraction of sp³-hybridized carbons (Fsp3) is 0.0588. The summed E-state index contributed by atoms with van der Waals surface area (Å²) < 4.78 is 6.40. The summed E-state index contributed by atoms with van der Waals surface area (Å²) in [4.78, 5) is 2.47. The van der Waals surface area contributed by atoms with E-state index in [2.05, 4.69) is 201 Å². The zero-order valence-electron chi connectivity index (χ0n) is 29.8. The van der Waals surface area contributed by atoms with Crippen molar-refractivity contribution in [1.82, 2.24) is 0 Å². The maximum absolute atomic E-state index is 6.40. The van der Waals surface area contributed by atoms with Gasteiger partial charge in [0.1, 0.15) is 11.2 Å². The monoisotopic (exact) mass is 679 g/mol. The van der Waals surface area contributed by atoms with Crippen LogP contribution in [0.5, 0.6) is 0 Å². The summed E-state index contributed by atoms with van der Waals surface area (Å²) in [6.45, 7) is 4.71. The minimum Gasteiger partial charge on any atom is -0.456 e. The van der Waals surface area contributed by atoms with Crippen molar-refractivity contribution in [3.8, 4) is 44.5 Å². The summed E-state index contributed by atoms with van der Waals surface area (Å²) >= 11 is 0. The molecule has 0 fully saturated rings. The lowest BCUT2D eigenvalue weighted by atomic mass is 9.82. The Hall–Kier alpha value is -6.64. The van der Waals surface area contributed by atoms with Crippen molar-refractivity contribution in [1.29, 1.82) is 0 Å². The molecule has 0 amide bonds. The molecule has 0 aliphatic heterocycles. The van der Waals surface area contributed by atoms with E-state index in [9.17, 15) is 0 Å². The van der Waals surface area contributed by atoms with Gasteiger partial charge in [-0.1, -0.05) is 153 Å². The van der Waals surface area contributed by atoms with E-state index in [-0.39, 0.29) is 5.41 Å². The molecule has 10 rings (SSSR count). The minimum atomic E-state index is -0.143. The number of hydrogen-bond acceptors (Lipinski definition) is 2. The Balaban J connectivity index is 1.26. The molecule has 53 heavy (non-hydrogen) atoms. The molecule has 0 radical (unpaired) electrons. The van der Waals surface area contributed by atoms with E-state index in [4.69, 9.17) is 4.42 Å². The van der Waals surface area contributed by atoms with Crippen LogP contribution in [-0.2, 0) is 5.41 Å². The SMILES string of the molecule is CC1(C)c2ccccc2-c2ccc(N(c3cc(-c4ccccc4)cc(-c4ccccc4)c3)c3ccccc3-c3cccc4oc5ccccc5c34)cc21. The minimum absolute atomic E-state index is 0.143. The zero-order valence-corrected chi connectivity index (χ0v) is 29.8. The van der Waals surface area contributed by atoms with E-state index in [1.807, 2.05) is 6.07 Å². The molecule has 0 spiro atoms. The molecule has 1 heterocycles. The first-order valence-electron chi connectivity index (χ1n) is 18.3. The third kappa shape index (κ3) is 5.10. The number of fused-ring (bicyclic) bond motifs is 6. The summed E-state index contributed by atoms with van der Waals surface area (Å²) in [7, 11) is 0. The summed E-state index contributed by atoms with van der Waals surface area (Å²) in [5.41, 5.74) is 17.3. The van der Waals surface area contributed by atoms with Gasteiger partial charge in [0.25, 0.3) is 0 Å². The van der Waals surface area contributed by atoms with Gasteiger partial charge in [-0.2, -0.15) is 0 Å². The standard InChI is InChI=1S/C51H37NO/c1-51(2)45-24-12-9-20-40(45)41-29-28-38(33-46(41)51)52(39-31-36(34-16-5-3-6-17-34)30-37(32-39)35-18-7-4-8-19-35)47-25-13-10-21-42(47)43-23-15-27-49-50(43)44-22-11-14-26-48(44)53-49/h3-33H,1-2H3. The van der Waals surface area contributed by atoms with Crippen molar-refractivity contribution < 1.29 is 4.42 Å². The average Bonchev–Trinajstić information content (AvgIpc) is 3.71. The van der Waals surface area contributed by atoms with Gasteiger partial charge in [0.05, 0.1) is 5.69 Å². The van der Waals surface area contributed by atoms with E-state index in [0.29, 0.717) is 0 Å². The number of rotatable bonds is 6. The molecular weight excluding hydrogens is 643 g/mol. The van der Waals surface area contributed by atoms with Crippen molar-refractivity contribution in [2.24, 2.45) is 0 Å². The third-order valence-corrected chi connectivity index (χ3v) is 11.1. The first-order chi connectivity index (χ1) is 26.0. The Bertz CT molecular complexity index is 2750. The predicted octanol–water partition coefficient (Wildman–Crippen LogP) is 14.4. The van der Waals surface area contributed by atoms with Gasteiger partial charge < -0.3 is 9.32 Å². The van der Waals surface area contributed by atoms with Gasteiger partial charge in [0.2, 0.25) is 0 Å². The third-order valence-electron chi connectivity index (χ3n) is 11.1. The Kier molecular flexibility index (Phi) is 7.19. The lowest BCUT2D eigenvalue weighted by molar-refractivity contribution is 0.660. The molecule has 9 aromatic rings. The lowest BCUT2D eigenvalue weighted by Crippen LogP contribution is -2.17. The molecule has 1 aliphatic carbocycles. The van der Waals surface area contributed by atoms with Crippen LogP contribution in [0.3, 0.4) is 0 Å². The van der Waals surface area contributed by atoms with E-state index in [0.717, 1.165) is 50.1 Å². The lowest BCUT2D eigenvalue weighted by Gasteiger charge is -2.30. The topological polar surface area (TPSA) is 16.4 Å². The number of furan rings is 1. The molecule has 0 N–H and O–H groups in total. The zero-order chi connectivity index (χ0) is 35.5. The molecule has 252 valence electrons. The van der Waals surface area contributed by atoms with Crippen LogP contribution in [0.25, 0.3) is 66.4 Å². The summed E-state index contributed by atoms with van der Waals surface area (Å²) in [6.07, 6.45) is 0. The molecule has 0 saturated heterocycles. The fourth-order valence-corrected chi connectivity index (χ4v) is 8.49. The molecule has 1 aromatic heterocycles. The highest BCUT2D eigenvalue weighted by molar-refractivity contribution is 6.14. The maximum atomic E-state index is 6.40. The van der Waals surface area contributed by atoms with Crippen molar-refractivity contribution in [3.63, 3.8) is 0 Å². The molecule has 0 bridgehead atoms. The molecule has 2 nitrogen and oxygen atoms in total. The van der Waals surface area contributed by atoms with Crippen LogP contribution >= 0.6 is 0 Å². The molecule has 0 saturated carbocycles. The van der Waals surface area contributed by atoms with Crippen molar-refractivity contribution in [2.45, 2.75) is 19.3 Å². The maximum Gasteiger partial charge on any atom is 0.136 e. The Morgan fingerprint density at radius 1 is 0.396 bits per heavy atom. The van der Waals surface area contributed by atoms with E-state index in [1.165, 1.54) is 44.5 Å². The molecular formula is C51H37NO. The number of benzene rings is 8. The second-order valence-corrected chi connectivity index (χ2v) is 14.5. The van der Waals surface area contributed by atoms with Gasteiger partial charge in [0, 0.05) is 33.1 Å². The van der Waals surface area contributed by atoms with Crippen molar-refractivity contribution in [3.05, 3.63) is 199 Å². The van der Waals surface area contributed by atoms with E-state index < -0.39 is 0 Å². The number of anilines is 3.